The Hall–Kier alpha value is -2.32. The van der Waals surface area contributed by atoms with Gasteiger partial charge >= 0.3 is 0 Å². The normalized spacial score (nSPS) is 15.6. The molecule has 1 aliphatic heterocycles. The molecular weight excluding hydrogens is 454 g/mol. The number of nitrogens with one attached hydrogen (secondary N) is 1. The number of fused-ring (bicyclic) bond motifs is 1. The van der Waals surface area contributed by atoms with Crippen LogP contribution in [0.4, 0.5) is 8.78 Å². The second kappa shape index (κ2) is 8.43. The van der Waals surface area contributed by atoms with E-state index >= 15 is 0 Å². The van der Waals surface area contributed by atoms with E-state index in [-0.39, 0.29) is 17.0 Å². The highest BCUT2D eigenvalue weighted by Gasteiger charge is 2.27. The van der Waals surface area contributed by atoms with Crippen molar-refractivity contribution in [2.24, 2.45) is 0 Å². The molecule has 0 saturated carbocycles. The Kier molecular flexibility index (Phi) is 5.88. The molecule has 1 saturated heterocycles. The molecule has 30 heavy (non-hydrogen) atoms. The summed E-state index contributed by atoms with van der Waals surface area (Å²) in [6, 6.07) is 6.30. The largest absolute Gasteiger partial charge is 0.345 e. The van der Waals surface area contributed by atoms with E-state index in [4.69, 9.17) is 0 Å². The van der Waals surface area contributed by atoms with Crippen molar-refractivity contribution in [3.05, 3.63) is 63.4 Å². The van der Waals surface area contributed by atoms with E-state index < -0.39 is 17.5 Å². The van der Waals surface area contributed by atoms with Crippen LogP contribution in [0.15, 0.2) is 34.9 Å². The van der Waals surface area contributed by atoms with Crippen molar-refractivity contribution in [3.63, 3.8) is 0 Å². The fourth-order valence-corrected chi connectivity index (χ4v) is 4.53. The Morgan fingerprint density at radius 1 is 1.23 bits per heavy atom. The number of hydrogen-bond acceptors (Lipinski definition) is 3. The molecule has 5 nitrogen and oxygen atoms in total. The van der Waals surface area contributed by atoms with Gasteiger partial charge in [-0.25, -0.2) is 13.8 Å². The molecular formula is C22H23BrF2N4O. The number of carbonyl (C=O) groups is 1. The molecule has 0 aliphatic carbocycles. The molecule has 2 aromatic heterocycles. The Balaban J connectivity index is 1.44. The van der Waals surface area contributed by atoms with Crippen LogP contribution in [-0.2, 0) is 6.54 Å². The van der Waals surface area contributed by atoms with Crippen molar-refractivity contribution in [3.8, 4) is 0 Å². The van der Waals surface area contributed by atoms with Crippen LogP contribution in [0.1, 0.15) is 40.4 Å². The van der Waals surface area contributed by atoms with E-state index in [0.717, 1.165) is 53.0 Å². The van der Waals surface area contributed by atoms with Gasteiger partial charge in [0.2, 0.25) is 0 Å². The first-order valence-electron chi connectivity index (χ1n) is 9.88. The van der Waals surface area contributed by atoms with Crippen molar-refractivity contribution in [1.29, 1.82) is 0 Å². The molecule has 1 amide bonds. The Morgan fingerprint density at radius 2 is 1.90 bits per heavy atom. The number of hydrogen-bond donors (Lipinski definition) is 1. The summed E-state index contributed by atoms with van der Waals surface area (Å²) >= 11 is 3.54. The maximum atomic E-state index is 14.7. The number of benzene rings is 1. The van der Waals surface area contributed by atoms with Crippen molar-refractivity contribution >= 4 is 32.9 Å². The quantitative estimate of drug-likeness (QED) is 0.594. The van der Waals surface area contributed by atoms with Gasteiger partial charge in [-0.15, -0.1) is 0 Å². The van der Waals surface area contributed by atoms with Gasteiger partial charge in [0.15, 0.2) is 0 Å². The summed E-state index contributed by atoms with van der Waals surface area (Å²) in [7, 11) is 3.12. The number of halogens is 3. The number of aromatic amines is 1. The van der Waals surface area contributed by atoms with Gasteiger partial charge in [-0.05, 0) is 72.0 Å². The topological polar surface area (TPSA) is 52.2 Å². The third-order valence-electron chi connectivity index (χ3n) is 5.66. The third kappa shape index (κ3) is 4.11. The average molecular weight is 477 g/mol. The molecule has 4 rings (SSSR count). The first-order valence-corrected chi connectivity index (χ1v) is 10.7. The zero-order chi connectivity index (χ0) is 21.4. The van der Waals surface area contributed by atoms with Crippen molar-refractivity contribution in [1.82, 2.24) is 19.8 Å². The van der Waals surface area contributed by atoms with E-state index in [9.17, 15) is 13.6 Å². The molecule has 0 unspecified atom stereocenters. The SMILES string of the molecule is CN(C)C(=O)c1cc(F)c(C2CCN(Cc3cc4c(Br)ccnc4[nH]3)CC2)c(F)c1. The maximum Gasteiger partial charge on any atom is 0.253 e. The number of amides is 1. The van der Waals surface area contributed by atoms with Crippen molar-refractivity contribution in [2.75, 3.05) is 27.2 Å². The number of piperidine rings is 1. The van der Waals surface area contributed by atoms with Crippen LogP contribution in [0.25, 0.3) is 11.0 Å². The Labute approximate surface area is 182 Å². The summed E-state index contributed by atoms with van der Waals surface area (Å²) < 4.78 is 30.4. The Bertz CT molecular complexity index is 1070. The minimum atomic E-state index is -0.634. The Morgan fingerprint density at radius 3 is 2.50 bits per heavy atom. The van der Waals surface area contributed by atoms with E-state index in [2.05, 4.69) is 36.9 Å². The van der Waals surface area contributed by atoms with Crippen molar-refractivity contribution in [2.45, 2.75) is 25.3 Å². The lowest BCUT2D eigenvalue weighted by Gasteiger charge is -2.32. The second-order valence-corrected chi connectivity index (χ2v) is 8.81. The molecule has 1 fully saturated rings. The highest BCUT2D eigenvalue weighted by atomic mass is 79.9. The summed E-state index contributed by atoms with van der Waals surface area (Å²) in [6.45, 7) is 2.22. The smallest absolute Gasteiger partial charge is 0.253 e. The molecule has 3 aromatic rings. The molecule has 0 bridgehead atoms. The molecule has 0 radical (unpaired) electrons. The lowest BCUT2D eigenvalue weighted by Crippen LogP contribution is -2.33. The van der Waals surface area contributed by atoms with Gasteiger partial charge in [0, 0.05) is 53.5 Å². The average Bonchev–Trinajstić information content (AvgIpc) is 3.12. The molecule has 1 aliphatic rings. The zero-order valence-electron chi connectivity index (χ0n) is 16.9. The standard InChI is InChI=1S/C22H23BrF2N4O/c1-28(2)22(30)14-9-18(24)20(19(25)10-14)13-4-7-29(8-5-13)12-15-11-16-17(23)3-6-26-21(16)27-15/h3,6,9-11,13H,4-5,7-8,12H2,1-2H3,(H,26,27). The van der Waals surface area contributed by atoms with Crippen LogP contribution in [0.5, 0.6) is 0 Å². The van der Waals surface area contributed by atoms with Gasteiger partial charge in [0.05, 0.1) is 0 Å². The van der Waals surface area contributed by atoms with E-state index in [0.29, 0.717) is 12.8 Å². The van der Waals surface area contributed by atoms with Gasteiger partial charge in [-0.2, -0.15) is 0 Å². The highest BCUT2D eigenvalue weighted by Crippen LogP contribution is 2.33. The van der Waals surface area contributed by atoms with E-state index in [1.54, 1.807) is 20.3 Å². The number of H-pyrrole nitrogens is 1. The maximum absolute atomic E-state index is 14.7. The van der Waals surface area contributed by atoms with Crippen LogP contribution in [0.3, 0.4) is 0 Å². The molecule has 158 valence electrons. The number of likely N-dealkylation sites (tertiary alicyclic amines) is 1. The summed E-state index contributed by atoms with van der Waals surface area (Å²) in [5.74, 6) is -1.87. The predicted octanol–water partition coefficient (Wildman–Crippen LogP) is 4.69. The third-order valence-corrected chi connectivity index (χ3v) is 6.35. The zero-order valence-corrected chi connectivity index (χ0v) is 18.5. The number of pyridine rings is 1. The highest BCUT2D eigenvalue weighted by molar-refractivity contribution is 9.10. The molecule has 8 heteroatoms. The fraction of sp³-hybridized carbons (Fsp3) is 0.364. The molecule has 1 aromatic carbocycles. The lowest BCUT2D eigenvalue weighted by molar-refractivity contribution is 0.0826. The minimum absolute atomic E-state index is 0.0368. The molecule has 1 N–H and O–H groups in total. The summed E-state index contributed by atoms with van der Waals surface area (Å²) in [5.41, 5.74) is 2.04. The van der Waals surface area contributed by atoms with Gasteiger partial charge in [0.25, 0.3) is 5.91 Å². The van der Waals surface area contributed by atoms with Crippen LogP contribution >= 0.6 is 15.9 Å². The van der Waals surface area contributed by atoms with Gasteiger partial charge in [-0.1, -0.05) is 0 Å². The van der Waals surface area contributed by atoms with Crippen LogP contribution in [-0.4, -0.2) is 52.9 Å². The first kappa shape index (κ1) is 20.9. The molecule has 0 atom stereocenters. The number of rotatable bonds is 4. The van der Waals surface area contributed by atoms with Crippen LogP contribution in [0.2, 0.25) is 0 Å². The van der Waals surface area contributed by atoms with Gasteiger partial charge in [0.1, 0.15) is 17.3 Å². The monoisotopic (exact) mass is 476 g/mol. The molecule has 3 heterocycles. The second-order valence-electron chi connectivity index (χ2n) is 7.95. The minimum Gasteiger partial charge on any atom is -0.345 e. The first-order chi connectivity index (χ1) is 14.3. The summed E-state index contributed by atoms with van der Waals surface area (Å²) in [4.78, 5) is 23.3. The van der Waals surface area contributed by atoms with Gasteiger partial charge < -0.3 is 9.88 Å². The number of nitrogens with zero attached hydrogens (tertiary/aromatic N) is 3. The predicted molar refractivity (Wildman–Crippen MR) is 115 cm³/mol. The van der Waals surface area contributed by atoms with Crippen LogP contribution < -0.4 is 0 Å². The van der Waals surface area contributed by atoms with Crippen molar-refractivity contribution < 1.29 is 13.6 Å². The molecule has 0 spiro atoms. The van der Waals surface area contributed by atoms with E-state index in [1.165, 1.54) is 4.90 Å². The lowest BCUT2D eigenvalue weighted by atomic mass is 9.88. The van der Waals surface area contributed by atoms with Gasteiger partial charge in [-0.3, -0.25) is 9.69 Å². The summed E-state index contributed by atoms with van der Waals surface area (Å²) in [6.07, 6.45) is 3.08. The fourth-order valence-electron chi connectivity index (χ4n) is 4.11. The number of carbonyl (C=O) groups excluding carboxylic acids is 1. The van der Waals surface area contributed by atoms with Crippen LogP contribution in [0, 0.1) is 11.6 Å². The summed E-state index contributed by atoms with van der Waals surface area (Å²) in [5, 5.41) is 1.04. The van der Waals surface area contributed by atoms with E-state index in [1.807, 2.05) is 6.07 Å². The number of aromatic nitrogens is 2.